The Morgan fingerprint density at radius 1 is 0.444 bits per heavy atom. The number of rotatable bonds is 17. The van der Waals surface area contributed by atoms with Crippen molar-refractivity contribution in [2.45, 2.75) is 106 Å². The van der Waals surface area contributed by atoms with Crippen LogP contribution in [-0.2, 0) is 19.1 Å². The molecule has 0 aliphatic rings. The van der Waals surface area contributed by atoms with Crippen LogP contribution < -0.4 is 0 Å². The molecule has 0 unspecified atom stereocenters. The standard InChI is InChI=1S/C32H50O4/c1-25(17-11-19-27(3)21-13-23-29(5)31(33)35-7)15-9-10-16-26(2)18-12-20-28(4)22-14-24-30(6)32(34)36-8/h15-16,19-20,23-24H,9-14,17-18,21-22H2,1-8H3/b25-15+,26-16+,27-19+,28-20+,29-23+,30-24+. The molecule has 0 N–H and O–H groups in total. The lowest BCUT2D eigenvalue weighted by molar-refractivity contribution is -0.136. The summed E-state index contributed by atoms with van der Waals surface area (Å²) in [5.74, 6) is -0.495. The van der Waals surface area contributed by atoms with Crippen LogP contribution >= 0.6 is 0 Å². The number of methoxy groups -OCH3 is 2. The summed E-state index contributed by atoms with van der Waals surface area (Å²) in [7, 11) is 2.83. The Bertz CT molecular complexity index is 791. The van der Waals surface area contributed by atoms with Gasteiger partial charge in [0.1, 0.15) is 0 Å². The van der Waals surface area contributed by atoms with E-state index in [9.17, 15) is 9.59 Å². The lowest BCUT2D eigenvalue weighted by Crippen LogP contribution is -2.01. The monoisotopic (exact) mass is 498 g/mol. The summed E-state index contributed by atoms with van der Waals surface area (Å²) in [6, 6.07) is 0. The van der Waals surface area contributed by atoms with Crippen LogP contribution in [0.5, 0.6) is 0 Å². The summed E-state index contributed by atoms with van der Waals surface area (Å²) in [5, 5.41) is 0. The van der Waals surface area contributed by atoms with E-state index < -0.39 is 0 Å². The molecule has 0 spiro atoms. The average Bonchev–Trinajstić information content (AvgIpc) is 2.85. The third-order valence-corrected chi connectivity index (χ3v) is 6.21. The lowest BCUT2D eigenvalue weighted by atomic mass is 10.0. The van der Waals surface area contributed by atoms with Crippen LogP contribution in [0.4, 0.5) is 0 Å². The fraction of sp³-hybridized carbons (Fsp3) is 0.562. The number of carbonyl (C=O) groups excluding carboxylic acids is 2. The first-order chi connectivity index (χ1) is 17.1. The van der Waals surface area contributed by atoms with Crippen molar-refractivity contribution in [3.63, 3.8) is 0 Å². The van der Waals surface area contributed by atoms with Crippen LogP contribution in [0.3, 0.4) is 0 Å². The van der Waals surface area contributed by atoms with Crippen molar-refractivity contribution in [3.05, 3.63) is 69.9 Å². The highest BCUT2D eigenvalue weighted by atomic mass is 16.5. The van der Waals surface area contributed by atoms with E-state index in [-0.39, 0.29) is 11.9 Å². The molecule has 0 aliphatic heterocycles. The predicted molar refractivity (Wildman–Crippen MR) is 153 cm³/mol. The van der Waals surface area contributed by atoms with Gasteiger partial charge in [-0.3, -0.25) is 0 Å². The van der Waals surface area contributed by atoms with Crippen molar-refractivity contribution in [1.82, 2.24) is 0 Å². The van der Waals surface area contributed by atoms with E-state index in [1.54, 1.807) is 13.8 Å². The molecule has 0 aliphatic carbocycles. The van der Waals surface area contributed by atoms with Gasteiger partial charge in [-0.2, -0.15) is 0 Å². The Morgan fingerprint density at radius 3 is 0.972 bits per heavy atom. The van der Waals surface area contributed by atoms with Crippen molar-refractivity contribution in [2.75, 3.05) is 14.2 Å². The van der Waals surface area contributed by atoms with Crippen molar-refractivity contribution >= 4 is 11.9 Å². The highest BCUT2D eigenvalue weighted by Gasteiger charge is 2.02. The van der Waals surface area contributed by atoms with Gasteiger partial charge in [0.15, 0.2) is 0 Å². The second kappa shape index (κ2) is 20.6. The zero-order chi connectivity index (χ0) is 27.3. The minimum atomic E-state index is -0.247. The zero-order valence-corrected chi connectivity index (χ0v) is 24.2. The molecular weight excluding hydrogens is 448 g/mol. The Labute approximate surface area is 220 Å². The molecule has 0 atom stereocenters. The summed E-state index contributed by atoms with van der Waals surface area (Å²) < 4.78 is 9.44. The molecule has 0 heterocycles. The molecule has 202 valence electrons. The maximum absolute atomic E-state index is 11.4. The zero-order valence-electron chi connectivity index (χ0n) is 24.2. The Balaban J connectivity index is 4.19. The highest BCUT2D eigenvalue weighted by molar-refractivity contribution is 5.87. The molecule has 0 aromatic carbocycles. The molecular formula is C32H50O4. The quantitative estimate of drug-likeness (QED) is 0.0869. The molecule has 0 rings (SSSR count). The first kappa shape index (κ1) is 33.4. The van der Waals surface area contributed by atoms with Gasteiger partial charge in [-0.1, -0.05) is 58.7 Å². The molecule has 0 saturated heterocycles. The van der Waals surface area contributed by atoms with Gasteiger partial charge < -0.3 is 9.47 Å². The maximum Gasteiger partial charge on any atom is 0.333 e. The normalized spacial score (nSPS) is 14.2. The summed E-state index contributed by atoms with van der Waals surface area (Å²) in [5.41, 5.74) is 6.98. The summed E-state index contributed by atoms with van der Waals surface area (Å²) >= 11 is 0. The highest BCUT2D eigenvalue weighted by Crippen LogP contribution is 2.15. The van der Waals surface area contributed by atoms with E-state index in [2.05, 4.69) is 52.0 Å². The molecule has 0 aromatic heterocycles. The topological polar surface area (TPSA) is 52.6 Å². The first-order valence-corrected chi connectivity index (χ1v) is 13.2. The van der Waals surface area contributed by atoms with Crippen molar-refractivity contribution in [3.8, 4) is 0 Å². The molecule has 36 heavy (non-hydrogen) atoms. The molecule has 4 nitrogen and oxygen atoms in total. The number of hydrogen-bond acceptors (Lipinski definition) is 4. The molecule has 0 fully saturated rings. The van der Waals surface area contributed by atoms with Crippen LogP contribution in [0, 0.1) is 0 Å². The van der Waals surface area contributed by atoms with Gasteiger partial charge >= 0.3 is 11.9 Å². The fourth-order valence-corrected chi connectivity index (χ4v) is 3.68. The summed E-state index contributed by atoms with van der Waals surface area (Å²) in [4.78, 5) is 22.8. The van der Waals surface area contributed by atoms with Crippen molar-refractivity contribution < 1.29 is 19.1 Å². The molecule has 0 saturated carbocycles. The van der Waals surface area contributed by atoms with Gasteiger partial charge in [-0.05, 0) is 106 Å². The second-order valence-electron chi connectivity index (χ2n) is 9.69. The van der Waals surface area contributed by atoms with Gasteiger partial charge in [0.2, 0.25) is 0 Å². The molecule has 4 heteroatoms. The summed E-state index contributed by atoms with van der Waals surface area (Å²) in [6.07, 6.45) is 23.4. The van der Waals surface area contributed by atoms with Crippen molar-refractivity contribution in [2.24, 2.45) is 0 Å². The van der Waals surface area contributed by atoms with Crippen LogP contribution in [0.25, 0.3) is 0 Å². The molecule has 0 aromatic rings. The SMILES string of the molecule is COC(=O)/C(C)=C/CC/C(C)=C/CC/C(C)=C/CC/C=C(\C)CC/C=C(\C)CC/C=C(\C)C(=O)OC. The number of carbonyl (C=O) groups is 2. The lowest BCUT2D eigenvalue weighted by Gasteiger charge is -2.03. The van der Waals surface area contributed by atoms with Gasteiger partial charge in [0.05, 0.1) is 14.2 Å². The molecule has 0 amide bonds. The number of ether oxygens (including phenoxy) is 2. The first-order valence-electron chi connectivity index (χ1n) is 13.2. The Kier molecular flexibility index (Phi) is 19.1. The predicted octanol–water partition coefficient (Wildman–Crippen LogP) is 8.91. The van der Waals surface area contributed by atoms with Gasteiger partial charge in [0, 0.05) is 11.1 Å². The van der Waals surface area contributed by atoms with Gasteiger partial charge in [0.25, 0.3) is 0 Å². The van der Waals surface area contributed by atoms with Gasteiger partial charge in [-0.25, -0.2) is 9.59 Å². The third kappa shape index (κ3) is 17.8. The van der Waals surface area contributed by atoms with Crippen LogP contribution in [-0.4, -0.2) is 26.2 Å². The summed E-state index contributed by atoms with van der Waals surface area (Å²) in [6.45, 7) is 12.4. The van der Waals surface area contributed by atoms with Crippen molar-refractivity contribution in [1.29, 1.82) is 0 Å². The van der Waals surface area contributed by atoms with Gasteiger partial charge in [-0.15, -0.1) is 0 Å². The van der Waals surface area contributed by atoms with Crippen LogP contribution in [0.1, 0.15) is 106 Å². The maximum atomic E-state index is 11.4. The van der Waals surface area contributed by atoms with E-state index >= 15 is 0 Å². The minimum Gasteiger partial charge on any atom is -0.466 e. The molecule has 0 radical (unpaired) electrons. The largest absolute Gasteiger partial charge is 0.466 e. The van der Waals surface area contributed by atoms with E-state index in [1.165, 1.54) is 36.5 Å². The van der Waals surface area contributed by atoms with E-state index in [1.807, 2.05) is 12.2 Å². The van der Waals surface area contributed by atoms with E-state index in [0.29, 0.717) is 11.1 Å². The smallest absolute Gasteiger partial charge is 0.333 e. The van der Waals surface area contributed by atoms with E-state index in [4.69, 9.17) is 9.47 Å². The number of allylic oxidation sites excluding steroid dienone is 10. The Hall–Kier alpha value is -2.62. The number of esters is 2. The number of hydrogen-bond donors (Lipinski definition) is 0. The van der Waals surface area contributed by atoms with E-state index in [0.717, 1.165) is 64.2 Å². The number of unbranched alkanes of at least 4 members (excludes halogenated alkanes) is 1. The van der Waals surface area contributed by atoms with Crippen LogP contribution in [0.2, 0.25) is 0 Å². The third-order valence-electron chi connectivity index (χ3n) is 6.21. The second-order valence-corrected chi connectivity index (χ2v) is 9.69. The Morgan fingerprint density at radius 2 is 0.694 bits per heavy atom. The minimum absolute atomic E-state index is 0.247. The fourth-order valence-electron chi connectivity index (χ4n) is 3.68. The molecule has 0 bridgehead atoms. The average molecular weight is 499 g/mol. The van der Waals surface area contributed by atoms with Crippen LogP contribution in [0.15, 0.2) is 69.9 Å².